The van der Waals surface area contributed by atoms with Crippen molar-refractivity contribution in [2.75, 3.05) is 26.2 Å². The van der Waals surface area contributed by atoms with E-state index in [1.807, 2.05) is 35.2 Å². The number of rotatable bonds is 5. The summed E-state index contributed by atoms with van der Waals surface area (Å²) in [5, 5.41) is 6.45. The van der Waals surface area contributed by atoms with Crippen molar-refractivity contribution in [1.82, 2.24) is 15.5 Å². The highest BCUT2D eigenvalue weighted by Crippen LogP contribution is 2.18. The van der Waals surface area contributed by atoms with Crippen LogP contribution in [0.1, 0.15) is 31.2 Å². The molecule has 2 fully saturated rings. The zero-order chi connectivity index (χ0) is 16.8. The van der Waals surface area contributed by atoms with Crippen molar-refractivity contribution in [3.8, 4) is 0 Å². The SMILES string of the molecule is O=C(NCC1CCCN1)C1CCCN(C(=O)Cc2ccccc2)C1. The van der Waals surface area contributed by atoms with Crippen LogP contribution >= 0.6 is 0 Å². The molecule has 1 aromatic rings. The van der Waals surface area contributed by atoms with E-state index in [-0.39, 0.29) is 17.7 Å². The van der Waals surface area contributed by atoms with Gasteiger partial charge in [-0.05, 0) is 37.8 Å². The lowest BCUT2D eigenvalue weighted by Gasteiger charge is -2.32. The van der Waals surface area contributed by atoms with Gasteiger partial charge in [-0.1, -0.05) is 30.3 Å². The summed E-state index contributed by atoms with van der Waals surface area (Å²) in [5.41, 5.74) is 1.03. The normalized spacial score (nSPS) is 23.9. The Hall–Kier alpha value is -1.88. The van der Waals surface area contributed by atoms with Gasteiger partial charge in [0.1, 0.15) is 0 Å². The van der Waals surface area contributed by atoms with Gasteiger partial charge in [0.2, 0.25) is 11.8 Å². The van der Waals surface area contributed by atoms with Crippen LogP contribution < -0.4 is 10.6 Å². The lowest BCUT2D eigenvalue weighted by Crippen LogP contribution is -2.47. The highest BCUT2D eigenvalue weighted by molar-refractivity contribution is 5.82. The van der Waals surface area contributed by atoms with E-state index in [4.69, 9.17) is 0 Å². The topological polar surface area (TPSA) is 61.4 Å². The number of piperidine rings is 1. The fourth-order valence-corrected chi connectivity index (χ4v) is 3.60. The van der Waals surface area contributed by atoms with Gasteiger partial charge in [0, 0.05) is 25.7 Å². The maximum Gasteiger partial charge on any atom is 0.227 e. The molecule has 0 bridgehead atoms. The van der Waals surface area contributed by atoms with Crippen LogP contribution in [0.25, 0.3) is 0 Å². The number of nitrogens with zero attached hydrogens (tertiary/aromatic N) is 1. The smallest absolute Gasteiger partial charge is 0.227 e. The number of hydrogen-bond acceptors (Lipinski definition) is 3. The van der Waals surface area contributed by atoms with Gasteiger partial charge >= 0.3 is 0 Å². The molecule has 5 nitrogen and oxygen atoms in total. The van der Waals surface area contributed by atoms with Crippen molar-refractivity contribution >= 4 is 11.8 Å². The quantitative estimate of drug-likeness (QED) is 0.857. The lowest BCUT2D eigenvalue weighted by molar-refractivity contribution is -0.135. The van der Waals surface area contributed by atoms with E-state index in [1.54, 1.807) is 0 Å². The van der Waals surface area contributed by atoms with E-state index in [0.29, 0.717) is 25.6 Å². The summed E-state index contributed by atoms with van der Waals surface area (Å²) in [4.78, 5) is 26.7. The van der Waals surface area contributed by atoms with Crippen molar-refractivity contribution in [3.63, 3.8) is 0 Å². The van der Waals surface area contributed by atoms with Gasteiger partial charge in [0.25, 0.3) is 0 Å². The molecule has 0 saturated carbocycles. The van der Waals surface area contributed by atoms with Crippen LogP contribution in [-0.2, 0) is 16.0 Å². The predicted molar refractivity (Wildman–Crippen MR) is 93.5 cm³/mol. The number of carbonyl (C=O) groups excluding carboxylic acids is 2. The van der Waals surface area contributed by atoms with Gasteiger partial charge in [0.05, 0.1) is 12.3 Å². The molecule has 1 aromatic carbocycles. The molecule has 2 aliphatic rings. The Morgan fingerprint density at radius 3 is 2.75 bits per heavy atom. The Morgan fingerprint density at radius 2 is 2.00 bits per heavy atom. The standard InChI is InChI=1S/C19H27N3O2/c23-18(12-15-6-2-1-3-7-15)22-11-5-8-16(14-22)19(24)21-13-17-9-4-10-20-17/h1-3,6-7,16-17,20H,4-5,8-14H2,(H,21,24). The van der Waals surface area contributed by atoms with Crippen LogP contribution in [0.2, 0.25) is 0 Å². The second-order valence-electron chi connectivity index (χ2n) is 6.88. The third kappa shape index (κ3) is 4.57. The summed E-state index contributed by atoms with van der Waals surface area (Å²) in [6.45, 7) is 3.06. The Morgan fingerprint density at radius 1 is 1.17 bits per heavy atom. The molecule has 24 heavy (non-hydrogen) atoms. The number of likely N-dealkylation sites (tertiary alicyclic amines) is 1. The van der Waals surface area contributed by atoms with Crippen LogP contribution in [0.15, 0.2) is 30.3 Å². The molecule has 2 amide bonds. The summed E-state index contributed by atoms with van der Waals surface area (Å²) in [6.07, 6.45) is 4.51. The van der Waals surface area contributed by atoms with E-state index in [1.165, 1.54) is 6.42 Å². The summed E-state index contributed by atoms with van der Waals surface area (Å²) in [6, 6.07) is 10.2. The number of nitrogens with one attached hydrogen (secondary N) is 2. The molecule has 0 aliphatic carbocycles. The Bertz CT molecular complexity index is 555. The minimum Gasteiger partial charge on any atom is -0.354 e. The first-order valence-corrected chi connectivity index (χ1v) is 9.05. The molecule has 5 heteroatoms. The second kappa shape index (κ2) is 8.29. The molecule has 2 aliphatic heterocycles. The fraction of sp³-hybridized carbons (Fsp3) is 0.579. The molecule has 0 spiro atoms. The van der Waals surface area contributed by atoms with Gasteiger partial charge in [-0.15, -0.1) is 0 Å². The first kappa shape index (κ1) is 17.0. The average Bonchev–Trinajstić information content (AvgIpc) is 3.14. The maximum absolute atomic E-state index is 12.5. The first-order valence-electron chi connectivity index (χ1n) is 9.05. The van der Waals surface area contributed by atoms with Gasteiger partial charge in [-0.25, -0.2) is 0 Å². The van der Waals surface area contributed by atoms with Gasteiger partial charge in [-0.2, -0.15) is 0 Å². The molecule has 2 unspecified atom stereocenters. The van der Waals surface area contributed by atoms with Crippen LogP contribution in [0, 0.1) is 5.92 Å². The molecule has 2 atom stereocenters. The minimum atomic E-state index is -0.0696. The third-order valence-electron chi connectivity index (χ3n) is 5.03. The average molecular weight is 329 g/mol. The molecule has 130 valence electrons. The molecule has 2 N–H and O–H groups in total. The highest BCUT2D eigenvalue weighted by atomic mass is 16.2. The summed E-state index contributed by atoms with van der Waals surface area (Å²) in [5.74, 6) is 0.150. The summed E-state index contributed by atoms with van der Waals surface area (Å²) in [7, 11) is 0. The first-order chi connectivity index (χ1) is 11.7. The van der Waals surface area contributed by atoms with Crippen LogP contribution in [0.5, 0.6) is 0 Å². The number of hydrogen-bond donors (Lipinski definition) is 2. The van der Waals surface area contributed by atoms with Crippen LogP contribution in [0.3, 0.4) is 0 Å². The predicted octanol–water partition coefficient (Wildman–Crippen LogP) is 1.34. The van der Waals surface area contributed by atoms with Crippen molar-refractivity contribution in [2.45, 2.75) is 38.1 Å². The molecule has 2 saturated heterocycles. The van der Waals surface area contributed by atoms with Gasteiger partial charge in [0.15, 0.2) is 0 Å². The van der Waals surface area contributed by atoms with E-state index >= 15 is 0 Å². The maximum atomic E-state index is 12.5. The minimum absolute atomic E-state index is 0.0696. The molecule has 0 radical (unpaired) electrons. The number of carbonyl (C=O) groups is 2. The van der Waals surface area contributed by atoms with Gasteiger partial charge < -0.3 is 15.5 Å². The van der Waals surface area contributed by atoms with Crippen molar-refractivity contribution in [2.24, 2.45) is 5.92 Å². The van der Waals surface area contributed by atoms with Crippen molar-refractivity contribution in [3.05, 3.63) is 35.9 Å². The molecular formula is C19H27N3O2. The summed E-state index contributed by atoms with van der Waals surface area (Å²) < 4.78 is 0. The fourth-order valence-electron chi connectivity index (χ4n) is 3.60. The molecule has 2 heterocycles. The Kier molecular flexibility index (Phi) is 5.86. The Balaban J connectivity index is 1.48. The Labute approximate surface area is 143 Å². The molecule has 3 rings (SSSR count). The third-order valence-corrected chi connectivity index (χ3v) is 5.03. The van der Waals surface area contributed by atoms with E-state index in [0.717, 1.165) is 37.9 Å². The summed E-state index contributed by atoms with van der Waals surface area (Å²) >= 11 is 0. The van der Waals surface area contributed by atoms with E-state index in [2.05, 4.69) is 10.6 Å². The number of amides is 2. The zero-order valence-electron chi connectivity index (χ0n) is 14.2. The molecule has 0 aromatic heterocycles. The van der Waals surface area contributed by atoms with Crippen LogP contribution in [-0.4, -0.2) is 48.9 Å². The van der Waals surface area contributed by atoms with Crippen molar-refractivity contribution in [1.29, 1.82) is 0 Å². The molecular weight excluding hydrogens is 302 g/mol. The van der Waals surface area contributed by atoms with Crippen LogP contribution in [0.4, 0.5) is 0 Å². The van der Waals surface area contributed by atoms with Gasteiger partial charge in [-0.3, -0.25) is 9.59 Å². The lowest BCUT2D eigenvalue weighted by atomic mass is 9.96. The largest absolute Gasteiger partial charge is 0.354 e. The monoisotopic (exact) mass is 329 g/mol. The second-order valence-corrected chi connectivity index (χ2v) is 6.88. The highest BCUT2D eigenvalue weighted by Gasteiger charge is 2.28. The number of benzene rings is 1. The van der Waals surface area contributed by atoms with E-state index < -0.39 is 0 Å². The van der Waals surface area contributed by atoms with Crippen molar-refractivity contribution < 1.29 is 9.59 Å². The van der Waals surface area contributed by atoms with E-state index in [9.17, 15) is 9.59 Å². The zero-order valence-corrected chi connectivity index (χ0v) is 14.2.